The number of nitrogens with zero attached hydrogens (tertiary/aromatic N) is 1. The molecule has 0 heterocycles. The van der Waals surface area contributed by atoms with Crippen LogP contribution in [0.1, 0.15) is 45.7 Å². The topological polar surface area (TPSA) is 15.3 Å². The van der Waals surface area contributed by atoms with Crippen LogP contribution in [0, 0.1) is 0 Å². The standard InChI is InChI=1S/C16H28N2/c1-13(2)18(6)12-15-9-7-8-14(10-15)11-17-16(3,4)5/h7-10,13,17H,11-12H2,1-6H3. The summed E-state index contributed by atoms with van der Waals surface area (Å²) in [5.74, 6) is 0. The van der Waals surface area contributed by atoms with Crippen LogP contribution in [0.2, 0.25) is 0 Å². The summed E-state index contributed by atoms with van der Waals surface area (Å²) in [6.07, 6.45) is 0. The summed E-state index contributed by atoms with van der Waals surface area (Å²) in [6, 6.07) is 9.44. The molecule has 0 spiro atoms. The van der Waals surface area contributed by atoms with Gasteiger partial charge in [-0.1, -0.05) is 24.3 Å². The third-order valence-corrected chi connectivity index (χ3v) is 3.13. The monoisotopic (exact) mass is 248 g/mol. The van der Waals surface area contributed by atoms with Crippen LogP contribution < -0.4 is 5.32 Å². The first-order valence-electron chi connectivity index (χ1n) is 6.81. The molecule has 0 saturated heterocycles. The van der Waals surface area contributed by atoms with E-state index in [2.05, 4.69) is 76.1 Å². The molecule has 0 fully saturated rings. The quantitative estimate of drug-likeness (QED) is 0.859. The average molecular weight is 248 g/mol. The lowest BCUT2D eigenvalue weighted by atomic mass is 10.1. The predicted octanol–water partition coefficient (Wildman–Crippen LogP) is 3.41. The van der Waals surface area contributed by atoms with E-state index in [1.54, 1.807) is 0 Å². The van der Waals surface area contributed by atoms with Crippen molar-refractivity contribution in [2.75, 3.05) is 7.05 Å². The molecule has 1 rings (SSSR count). The first-order valence-corrected chi connectivity index (χ1v) is 6.81. The molecule has 0 aliphatic carbocycles. The molecule has 102 valence electrons. The predicted molar refractivity (Wildman–Crippen MR) is 79.6 cm³/mol. The van der Waals surface area contributed by atoms with Crippen LogP contribution >= 0.6 is 0 Å². The fraction of sp³-hybridized carbons (Fsp3) is 0.625. The van der Waals surface area contributed by atoms with E-state index in [9.17, 15) is 0 Å². The van der Waals surface area contributed by atoms with Gasteiger partial charge in [-0.05, 0) is 52.8 Å². The van der Waals surface area contributed by atoms with Gasteiger partial charge in [0, 0.05) is 24.7 Å². The second-order valence-corrected chi connectivity index (χ2v) is 6.43. The lowest BCUT2D eigenvalue weighted by Crippen LogP contribution is -2.35. The van der Waals surface area contributed by atoms with Gasteiger partial charge in [0.15, 0.2) is 0 Å². The van der Waals surface area contributed by atoms with Crippen molar-refractivity contribution < 1.29 is 0 Å². The molecule has 0 aromatic heterocycles. The van der Waals surface area contributed by atoms with Crippen molar-refractivity contribution in [3.63, 3.8) is 0 Å². The highest BCUT2D eigenvalue weighted by atomic mass is 15.1. The molecular formula is C16H28N2. The molecular weight excluding hydrogens is 220 g/mol. The summed E-state index contributed by atoms with van der Waals surface area (Å²) in [7, 11) is 2.17. The summed E-state index contributed by atoms with van der Waals surface area (Å²) in [4.78, 5) is 2.36. The summed E-state index contributed by atoms with van der Waals surface area (Å²) in [5, 5.41) is 3.53. The van der Waals surface area contributed by atoms with Crippen LogP contribution in [0.3, 0.4) is 0 Å². The lowest BCUT2D eigenvalue weighted by molar-refractivity contribution is 0.265. The molecule has 2 nitrogen and oxygen atoms in total. The van der Waals surface area contributed by atoms with Crippen molar-refractivity contribution in [2.45, 2.75) is 59.3 Å². The Bertz CT molecular complexity index is 364. The van der Waals surface area contributed by atoms with Gasteiger partial charge in [-0.15, -0.1) is 0 Å². The van der Waals surface area contributed by atoms with Crippen molar-refractivity contribution >= 4 is 0 Å². The van der Waals surface area contributed by atoms with E-state index in [0.717, 1.165) is 13.1 Å². The van der Waals surface area contributed by atoms with E-state index in [-0.39, 0.29) is 5.54 Å². The van der Waals surface area contributed by atoms with E-state index in [1.807, 2.05) is 0 Å². The normalized spacial score (nSPS) is 12.4. The molecule has 0 bridgehead atoms. The number of benzene rings is 1. The first kappa shape index (κ1) is 15.2. The minimum Gasteiger partial charge on any atom is -0.308 e. The van der Waals surface area contributed by atoms with Crippen LogP contribution in [-0.4, -0.2) is 23.5 Å². The Kier molecular flexibility index (Phi) is 5.36. The molecule has 1 N–H and O–H groups in total. The minimum absolute atomic E-state index is 0.171. The average Bonchev–Trinajstić information content (AvgIpc) is 2.26. The summed E-state index contributed by atoms with van der Waals surface area (Å²) < 4.78 is 0. The summed E-state index contributed by atoms with van der Waals surface area (Å²) in [5.41, 5.74) is 2.92. The van der Waals surface area contributed by atoms with E-state index >= 15 is 0 Å². The van der Waals surface area contributed by atoms with Gasteiger partial charge in [0.2, 0.25) is 0 Å². The fourth-order valence-corrected chi connectivity index (χ4v) is 1.68. The molecule has 0 saturated carbocycles. The molecule has 0 amide bonds. The maximum Gasteiger partial charge on any atom is 0.0233 e. The highest BCUT2D eigenvalue weighted by Crippen LogP contribution is 2.10. The van der Waals surface area contributed by atoms with Gasteiger partial charge < -0.3 is 5.32 Å². The van der Waals surface area contributed by atoms with Crippen molar-refractivity contribution in [3.05, 3.63) is 35.4 Å². The Morgan fingerprint density at radius 1 is 1.17 bits per heavy atom. The van der Waals surface area contributed by atoms with Crippen LogP contribution in [0.4, 0.5) is 0 Å². The third-order valence-electron chi connectivity index (χ3n) is 3.13. The van der Waals surface area contributed by atoms with Crippen LogP contribution in [0.25, 0.3) is 0 Å². The fourth-order valence-electron chi connectivity index (χ4n) is 1.68. The van der Waals surface area contributed by atoms with E-state index in [4.69, 9.17) is 0 Å². The summed E-state index contributed by atoms with van der Waals surface area (Å²) >= 11 is 0. The van der Waals surface area contributed by atoms with E-state index < -0.39 is 0 Å². The molecule has 0 unspecified atom stereocenters. The van der Waals surface area contributed by atoms with Gasteiger partial charge in [-0.2, -0.15) is 0 Å². The lowest BCUT2D eigenvalue weighted by Gasteiger charge is -2.22. The summed E-state index contributed by atoms with van der Waals surface area (Å²) in [6.45, 7) is 13.0. The van der Waals surface area contributed by atoms with Crippen molar-refractivity contribution in [2.24, 2.45) is 0 Å². The van der Waals surface area contributed by atoms with E-state index in [0.29, 0.717) is 6.04 Å². The Balaban J connectivity index is 2.62. The molecule has 0 aliphatic heterocycles. The van der Waals surface area contributed by atoms with Crippen LogP contribution in [0.5, 0.6) is 0 Å². The highest BCUT2D eigenvalue weighted by Gasteiger charge is 2.09. The largest absolute Gasteiger partial charge is 0.308 e. The smallest absolute Gasteiger partial charge is 0.0233 e. The second kappa shape index (κ2) is 6.35. The third kappa shape index (κ3) is 5.65. The zero-order chi connectivity index (χ0) is 13.8. The minimum atomic E-state index is 0.171. The van der Waals surface area contributed by atoms with Crippen LogP contribution in [-0.2, 0) is 13.1 Å². The van der Waals surface area contributed by atoms with Gasteiger partial charge >= 0.3 is 0 Å². The molecule has 18 heavy (non-hydrogen) atoms. The van der Waals surface area contributed by atoms with Crippen molar-refractivity contribution in [1.29, 1.82) is 0 Å². The SMILES string of the molecule is CC(C)N(C)Cc1cccc(CNC(C)(C)C)c1. The van der Waals surface area contributed by atoms with Gasteiger partial charge in [-0.3, -0.25) is 4.90 Å². The number of hydrogen-bond donors (Lipinski definition) is 1. The zero-order valence-electron chi connectivity index (χ0n) is 12.7. The van der Waals surface area contributed by atoms with E-state index in [1.165, 1.54) is 11.1 Å². The van der Waals surface area contributed by atoms with Crippen molar-refractivity contribution in [1.82, 2.24) is 10.2 Å². The molecule has 1 aromatic rings. The second-order valence-electron chi connectivity index (χ2n) is 6.43. The first-order chi connectivity index (χ1) is 8.28. The molecule has 1 aromatic carbocycles. The van der Waals surface area contributed by atoms with Crippen LogP contribution in [0.15, 0.2) is 24.3 Å². The zero-order valence-corrected chi connectivity index (χ0v) is 12.7. The van der Waals surface area contributed by atoms with Gasteiger partial charge in [0.1, 0.15) is 0 Å². The van der Waals surface area contributed by atoms with Gasteiger partial charge in [0.05, 0.1) is 0 Å². The maximum absolute atomic E-state index is 3.53. The molecule has 0 aliphatic rings. The van der Waals surface area contributed by atoms with Crippen molar-refractivity contribution in [3.8, 4) is 0 Å². The molecule has 0 radical (unpaired) electrons. The Labute approximate surface area is 112 Å². The number of hydrogen-bond acceptors (Lipinski definition) is 2. The highest BCUT2D eigenvalue weighted by molar-refractivity contribution is 5.23. The van der Waals surface area contributed by atoms with Gasteiger partial charge in [0.25, 0.3) is 0 Å². The Morgan fingerprint density at radius 3 is 2.33 bits per heavy atom. The maximum atomic E-state index is 3.53. The molecule has 0 atom stereocenters. The number of nitrogens with one attached hydrogen (secondary N) is 1. The number of rotatable bonds is 5. The Hall–Kier alpha value is -0.860. The molecule has 2 heteroatoms. The van der Waals surface area contributed by atoms with Gasteiger partial charge in [-0.25, -0.2) is 0 Å². The Morgan fingerprint density at radius 2 is 1.78 bits per heavy atom.